The number of hydrogen-bond donors (Lipinski definition) is 3. The Morgan fingerprint density at radius 2 is 2.40 bits per heavy atom. The van der Waals surface area contributed by atoms with Gasteiger partial charge >= 0.3 is 0 Å². The summed E-state index contributed by atoms with van der Waals surface area (Å²) >= 11 is 1.63. The number of carbonyl (C=O) groups excluding carboxylic acids is 1. The fourth-order valence-electron chi connectivity index (χ4n) is 2.67. The average molecular weight is 363 g/mol. The van der Waals surface area contributed by atoms with Crippen LogP contribution in [0.5, 0.6) is 0 Å². The molecule has 0 radical (unpaired) electrons. The number of amides is 1. The van der Waals surface area contributed by atoms with E-state index >= 15 is 0 Å². The van der Waals surface area contributed by atoms with Gasteiger partial charge < -0.3 is 5.32 Å². The summed E-state index contributed by atoms with van der Waals surface area (Å²) in [6.07, 6.45) is 6.64. The molecule has 1 fully saturated rings. The quantitative estimate of drug-likeness (QED) is 0.412. The lowest BCUT2D eigenvalue weighted by molar-refractivity contribution is -0.124. The van der Waals surface area contributed by atoms with Gasteiger partial charge in [0.1, 0.15) is 5.01 Å². The minimum Gasteiger partial charge on any atom is -0.364 e. The fraction of sp³-hybridized carbons (Fsp3) is 0.312. The van der Waals surface area contributed by atoms with Crippen LogP contribution in [0.4, 0.5) is 10.2 Å². The Labute approximate surface area is 148 Å². The molecule has 1 aliphatic heterocycles. The van der Waals surface area contributed by atoms with E-state index in [2.05, 4.69) is 20.2 Å². The zero-order valence-electron chi connectivity index (χ0n) is 13.4. The molecule has 3 rings (SSSR count). The van der Waals surface area contributed by atoms with Crippen LogP contribution in [0.15, 0.2) is 29.9 Å². The number of pyridine rings is 1. The Bertz CT molecular complexity index is 753. The van der Waals surface area contributed by atoms with E-state index in [0.717, 1.165) is 37.1 Å². The van der Waals surface area contributed by atoms with Gasteiger partial charge in [-0.3, -0.25) is 14.9 Å². The van der Waals surface area contributed by atoms with E-state index in [1.807, 2.05) is 5.38 Å². The molecule has 25 heavy (non-hydrogen) atoms. The lowest BCUT2D eigenvalue weighted by Gasteiger charge is -2.16. The van der Waals surface area contributed by atoms with Gasteiger partial charge in [0.05, 0.1) is 6.54 Å². The molecule has 1 amide bonds. The average Bonchev–Trinajstić information content (AvgIpc) is 3.27. The summed E-state index contributed by atoms with van der Waals surface area (Å²) in [6, 6.07) is 1.42. The molecular weight excluding hydrogens is 345 g/mol. The van der Waals surface area contributed by atoms with Crippen LogP contribution in [0.25, 0.3) is 6.08 Å². The molecule has 1 aliphatic rings. The van der Waals surface area contributed by atoms with Crippen LogP contribution in [0.1, 0.15) is 17.0 Å². The van der Waals surface area contributed by atoms with E-state index in [9.17, 15) is 9.18 Å². The first kappa shape index (κ1) is 17.5. The van der Waals surface area contributed by atoms with Gasteiger partial charge in [0.2, 0.25) is 0 Å². The molecule has 1 saturated heterocycles. The van der Waals surface area contributed by atoms with Crippen molar-refractivity contribution in [3.63, 3.8) is 0 Å². The van der Waals surface area contributed by atoms with Gasteiger partial charge in [0.15, 0.2) is 11.6 Å². The van der Waals surface area contributed by atoms with Gasteiger partial charge in [-0.05, 0) is 24.1 Å². The van der Waals surface area contributed by atoms with Crippen molar-refractivity contribution >= 4 is 29.1 Å². The van der Waals surface area contributed by atoms with Crippen LogP contribution in [-0.2, 0) is 11.3 Å². The van der Waals surface area contributed by atoms with Gasteiger partial charge in [-0.15, -0.1) is 11.3 Å². The van der Waals surface area contributed by atoms with Crippen LogP contribution >= 0.6 is 11.3 Å². The number of hydroxylamine groups is 1. The molecule has 9 heteroatoms. The smallest absolute Gasteiger partial charge is 0.267 e. The highest BCUT2D eigenvalue weighted by Crippen LogP contribution is 2.20. The van der Waals surface area contributed by atoms with Crippen LogP contribution < -0.4 is 10.8 Å². The first-order valence-electron chi connectivity index (χ1n) is 7.79. The summed E-state index contributed by atoms with van der Waals surface area (Å²) in [5, 5.41) is 14.6. The number of nitrogens with zero attached hydrogens (tertiary/aromatic N) is 3. The molecule has 7 nitrogen and oxygen atoms in total. The maximum atomic E-state index is 14.2. The molecular formula is C16H18FN5O2S. The minimum atomic E-state index is -0.686. The maximum absolute atomic E-state index is 14.2. The number of hydrogen-bond acceptors (Lipinski definition) is 7. The molecule has 0 spiro atoms. The number of nitrogens with one attached hydrogen (secondary N) is 2. The Balaban J connectivity index is 1.56. The van der Waals surface area contributed by atoms with E-state index in [1.165, 1.54) is 23.8 Å². The zero-order chi connectivity index (χ0) is 17.6. The number of carbonyl (C=O) groups is 1. The predicted molar refractivity (Wildman–Crippen MR) is 92.6 cm³/mol. The number of aromatic nitrogens is 2. The summed E-state index contributed by atoms with van der Waals surface area (Å²) < 4.78 is 14.2. The summed E-state index contributed by atoms with van der Waals surface area (Å²) in [7, 11) is 0. The van der Waals surface area contributed by atoms with Crippen molar-refractivity contribution in [2.45, 2.75) is 19.0 Å². The number of rotatable bonds is 6. The highest BCUT2D eigenvalue weighted by Gasteiger charge is 2.24. The van der Waals surface area contributed by atoms with E-state index in [1.54, 1.807) is 17.5 Å². The molecule has 2 aromatic rings. The van der Waals surface area contributed by atoms with E-state index in [4.69, 9.17) is 5.21 Å². The van der Waals surface area contributed by atoms with Crippen molar-refractivity contribution in [1.82, 2.24) is 20.3 Å². The molecule has 0 unspecified atom stereocenters. The Morgan fingerprint density at radius 1 is 1.52 bits per heavy atom. The van der Waals surface area contributed by atoms with Crippen molar-refractivity contribution in [3.8, 4) is 0 Å². The standard InChI is InChI=1S/C16H18FN5O2S/c17-13-7-11(1-2-14(23)21-24)8-19-16(13)20-12-3-5-22(9-12)10-15-18-4-6-25-15/h1-2,4,6-8,12,24H,3,5,9-10H2,(H,19,20)(H,21,23)/t12-/m1/s1. The first-order chi connectivity index (χ1) is 12.1. The molecule has 1 atom stereocenters. The van der Waals surface area contributed by atoms with Gasteiger partial charge in [-0.25, -0.2) is 19.8 Å². The number of anilines is 1. The largest absolute Gasteiger partial charge is 0.364 e. The monoisotopic (exact) mass is 363 g/mol. The van der Waals surface area contributed by atoms with Crippen molar-refractivity contribution in [3.05, 3.63) is 46.3 Å². The van der Waals surface area contributed by atoms with Crippen molar-refractivity contribution in [2.75, 3.05) is 18.4 Å². The first-order valence-corrected chi connectivity index (χ1v) is 8.67. The normalized spacial score (nSPS) is 17.9. The zero-order valence-corrected chi connectivity index (χ0v) is 14.2. The van der Waals surface area contributed by atoms with E-state index in [0.29, 0.717) is 5.56 Å². The lowest BCUT2D eigenvalue weighted by Crippen LogP contribution is -2.26. The van der Waals surface area contributed by atoms with Crippen molar-refractivity contribution in [2.24, 2.45) is 0 Å². The molecule has 3 N–H and O–H groups in total. The fourth-order valence-corrected chi connectivity index (χ4v) is 3.33. The molecule has 0 saturated carbocycles. The van der Waals surface area contributed by atoms with E-state index < -0.39 is 11.7 Å². The SMILES string of the molecule is O=C(C=Cc1cnc(N[C@@H]2CCN(Cc3nccs3)C2)c(F)c1)NO. The number of halogens is 1. The Hall–Kier alpha value is -2.36. The number of likely N-dealkylation sites (tertiary alicyclic amines) is 1. The molecule has 2 aromatic heterocycles. The lowest BCUT2D eigenvalue weighted by atomic mass is 10.2. The molecule has 3 heterocycles. The molecule has 0 bridgehead atoms. The summed E-state index contributed by atoms with van der Waals surface area (Å²) in [5.41, 5.74) is 1.90. The Kier molecular flexibility index (Phi) is 5.69. The summed E-state index contributed by atoms with van der Waals surface area (Å²) in [4.78, 5) is 21.6. The third-order valence-electron chi connectivity index (χ3n) is 3.86. The van der Waals surface area contributed by atoms with Gasteiger partial charge in [0.25, 0.3) is 5.91 Å². The van der Waals surface area contributed by atoms with Crippen LogP contribution in [0, 0.1) is 5.82 Å². The predicted octanol–water partition coefficient (Wildman–Crippen LogP) is 1.88. The molecule has 0 aromatic carbocycles. The second-order valence-electron chi connectivity index (χ2n) is 5.70. The number of thiazole rings is 1. The van der Waals surface area contributed by atoms with Crippen LogP contribution in [0.3, 0.4) is 0 Å². The third kappa shape index (κ3) is 4.81. The Morgan fingerprint density at radius 3 is 3.12 bits per heavy atom. The summed E-state index contributed by atoms with van der Waals surface area (Å²) in [6.45, 7) is 2.54. The molecule has 0 aliphatic carbocycles. The maximum Gasteiger partial charge on any atom is 0.267 e. The minimum absolute atomic E-state index is 0.128. The van der Waals surface area contributed by atoms with Crippen molar-refractivity contribution in [1.29, 1.82) is 0 Å². The van der Waals surface area contributed by atoms with Crippen LogP contribution in [-0.4, -0.2) is 45.1 Å². The van der Waals surface area contributed by atoms with Gasteiger partial charge in [-0.1, -0.05) is 0 Å². The van der Waals surface area contributed by atoms with Gasteiger partial charge in [-0.2, -0.15) is 0 Å². The van der Waals surface area contributed by atoms with Gasteiger partial charge in [0, 0.05) is 43.0 Å². The highest BCUT2D eigenvalue weighted by atomic mass is 32.1. The third-order valence-corrected chi connectivity index (χ3v) is 4.62. The van der Waals surface area contributed by atoms with E-state index in [-0.39, 0.29) is 11.9 Å². The second kappa shape index (κ2) is 8.15. The highest BCUT2D eigenvalue weighted by molar-refractivity contribution is 7.09. The molecule has 132 valence electrons. The van der Waals surface area contributed by atoms with Crippen LogP contribution in [0.2, 0.25) is 0 Å². The second-order valence-corrected chi connectivity index (χ2v) is 6.68. The van der Waals surface area contributed by atoms with Crippen molar-refractivity contribution < 1.29 is 14.4 Å². The topological polar surface area (TPSA) is 90.4 Å². The summed E-state index contributed by atoms with van der Waals surface area (Å²) in [5.74, 6) is -0.969.